The van der Waals surface area contributed by atoms with Crippen LogP contribution in [0, 0.1) is 5.92 Å². The third-order valence-corrected chi connectivity index (χ3v) is 4.47. The first kappa shape index (κ1) is 17.1. The molecule has 0 aromatic carbocycles. The molecule has 1 rings (SSSR count). The van der Waals surface area contributed by atoms with Crippen LogP contribution in [0.1, 0.15) is 6.42 Å². The summed E-state index contributed by atoms with van der Waals surface area (Å²) in [5, 5.41) is 47.7. The van der Waals surface area contributed by atoms with Gasteiger partial charge in [0.1, 0.15) is 6.10 Å². The molecule has 0 amide bonds. The summed E-state index contributed by atoms with van der Waals surface area (Å²) in [5.41, 5.74) is 3.32. The predicted molar refractivity (Wildman–Crippen MR) is 70.5 cm³/mol. The second kappa shape index (κ2) is 7.75. The smallest absolute Gasteiger partial charge is 0.186 e. The molecular formula is C11H23NO6S. The Morgan fingerprint density at radius 3 is 2.58 bits per heavy atom. The van der Waals surface area contributed by atoms with Gasteiger partial charge in [-0.25, -0.2) is 0 Å². The van der Waals surface area contributed by atoms with Crippen molar-refractivity contribution in [3.63, 3.8) is 0 Å². The maximum atomic E-state index is 10.1. The van der Waals surface area contributed by atoms with Gasteiger partial charge in [-0.15, -0.1) is 0 Å². The number of hydrogen-bond acceptors (Lipinski definition) is 8. The molecule has 0 radical (unpaired) electrons. The zero-order valence-corrected chi connectivity index (χ0v) is 11.5. The molecule has 1 saturated carbocycles. The third-order valence-electron chi connectivity index (χ3n) is 3.37. The van der Waals surface area contributed by atoms with E-state index in [4.69, 9.17) is 15.6 Å². The van der Waals surface area contributed by atoms with Gasteiger partial charge >= 0.3 is 0 Å². The van der Waals surface area contributed by atoms with Crippen LogP contribution >= 0.6 is 11.8 Å². The van der Waals surface area contributed by atoms with Crippen molar-refractivity contribution in [3.05, 3.63) is 0 Å². The lowest BCUT2D eigenvalue weighted by molar-refractivity contribution is -0.347. The van der Waals surface area contributed by atoms with E-state index in [0.29, 0.717) is 13.0 Å². The molecule has 5 atom stereocenters. The maximum absolute atomic E-state index is 10.1. The molecule has 8 heteroatoms. The lowest BCUT2D eigenvalue weighted by Gasteiger charge is -2.54. The van der Waals surface area contributed by atoms with Gasteiger partial charge in [0.25, 0.3) is 0 Å². The Hall–Kier alpha value is 0.0700. The summed E-state index contributed by atoms with van der Waals surface area (Å²) in [4.78, 5) is 0. The SMILES string of the molecule is NCCSCCCO[C@@H](O)C1(O)C(O)[C@H](O)C1CO. The molecule has 1 fully saturated rings. The van der Waals surface area contributed by atoms with Gasteiger partial charge in [-0.05, 0) is 12.2 Å². The summed E-state index contributed by atoms with van der Waals surface area (Å²) in [6.45, 7) is 0.277. The van der Waals surface area contributed by atoms with E-state index in [1.54, 1.807) is 11.8 Å². The Morgan fingerprint density at radius 2 is 2.00 bits per heavy atom. The normalized spacial score (nSPS) is 36.0. The van der Waals surface area contributed by atoms with Crippen LogP contribution in [0.4, 0.5) is 0 Å². The molecule has 0 bridgehead atoms. The molecule has 0 spiro atoms. The number of nitrogens with two attached hydrogens (primary N) is 1. The Morgan fingerprint density at radius 1 is 1.32 bits per heavy atom. The van der Waals surface area contributed by atoms with E-state index in [2.05, 4.69) is 0 Å². The van der Waals surface area contributed by atoms with Gasteiger partial charge in [0.2, 0.25) is 0 Å². The van der Waals surface area contributed by atoms with Gasteiger partial charge in [-0.2, -0.15) is 11.8 Å². The second-order valence-corrected chi connectivity index (χ2v) is 5.81. The first-order valence-corrected chi connectivity index (χ1v) is 7.42. The third kappa shape index (κ3) is 3.59. The van der Waals surface area contributed by atoms with Gasteiger partial charge in [-0.1, -0.05) is 0 Å². The second-order valence-electron chi connectivity index (χ2n) is 4.59. The molecule has 114 valence electrons. The highest BCUT2D eigenvalue weighted by atomic mass is 32.2. The fourth-order valence-electron chi connectivity index (χ4n) is 2.13. The lowest BCUT2D eigenvalue weighted by Crippen LogP contribution is -2.76. The predicted octanol–water partition coefficient (Wildman–Crippen LogP) is -2.52. The molecule has 3 unspecified atom stereocenters. The number of ether oxygens (including phenoxy) is 1. The van der Waals surface area contributed by atoms with Crippen molar-refractivity contribution < 1.29 is 30.3 Å². The van der Waals surface area contributed by atoms with Gasteiger partial charge < -0.3 is 36.0 Å². The first-order valence-electron chi connectivity index (χ1n) is 6.27. The molecule has 7 N–H and O–H groups in total. The molecular weight excluding hydrogens is 274 g/mol. The van der Waals surface area contributed by atoms with E-state index in [1.807, 2.05) is 0 Å². The average molecular weight is 297 g/mol. The average Bonchev–Trinajstić information content (AvgIpc) is 2.42. The van der Waals surface area contributed by atoms with E-state index in [0.717, 1.165) is 11.5 Å². The Labute approximate surface area is 116 Å². The van der Waals surface area contributed by atoms with Crippen molar-refractivity contribution in [1.29, 1.82) is 0 Å². The molecule has 1 aliphatic rings. The van der Waals surface area contributed by atoms with Crippen LogP contribution in [0.3, 0.4) is 0 Å². The fourth-order valence-corrected chi connectivity index (χ4v) is 2.82. The molecule has 19 heavy (non-hydrogen) atoms. The largest absolute Gasteiger partial charge is 0.396 e. The molecule has 0 saturated heterocycles. The maximum Gasteiger partial charge on any atom is 0.186 e. The highest BCUT2D eigenvalue weighted by Gasteiger charge is 2.64. The van der Waals surface area contributed by atoms with Crippen LogP contribution in [0.25, 0.3) is 0 Å². The van der Waals surface area contributed by atoms with Crippen molar-refractivity contribution in [2.75, 3.05) is 31.3 Å². The fraction of sp³-hybridized carbons (Fsp3) is 1.00. The van der Waals surface area contributed by atoms with Crippen LogP contribution in [0.15, 0.2) is 0 Å². The van der Waals surface area contributed by atoms with Crippen molar-refractivity contribution in [2.45, 2.75) is 30.5 Å². The Balaban J connectivity index is 2.30. The minimum absolute atomic E-state index is 0.210. The van der Waals surface area contributed by atoms with Gasteiger partial charge in [0.05, 0.1) is 19.3 Å². The molecule has 0 heterocycles. The standard InChI is InChI=1S/C11H23NO6S/c12-2-5-19-4-1-3-18-10(16)11(17)7(6-13)8(14)9(11)15/h7-10,13-17H,1-6,12H2/t7?,8-,9?,10-,11?/m1/s1. The van der Waals surface area contributed by atoms with E-state index in [-0.39, 0.29) is 6.61 Å². The monoisotopic (exact) mass is 297 g/mol. The lowest BCUT2D eigenvalue weighted by atomic mass is 9.64. The Kier molecular flexibility index (Phi) is 6.98. The molecule has 1 aliphatic carbocycles. The van der Waals surface area contributed by atoms with Crippen LogP contribution in [0.2, 0.25) is 0 Å². The van der Waals surface area contributed by atoms with E-state index < -0.39 is 36.6 Å². The van der Waals surface area contributed by atoms with Crippen LogP contribution in [0.5, 0.6) is 0 Å². The topological polar surface area (TPSA) is 136 Å². The molecule has 7 nitrogen and oxygen atoms in total. The quantitative estimate of drug-likeness (QED) is 0.203. The molecule has 0 aliphatic heterocycles. The Bertz CT molecular complexity index is 272. The zero-order valence-electron chi connectivity index (χ0n) is 10.7. The van der Waals surface area contributed by atoms with Crippen molar-refractivity contribution in [2.24, 2.45) is 11.7 Å². The van der Waals surface area contributed by atoms with E-state index >= 15 is 0 Å². The summed E-state index contributed by atoms with van der Waals surface area (Å²) < 4.78 is 5.06. The van der Waals surface area contributed by atoms with Crippen LogP contribution < -0.4 is 5.73 Å². The number of rotatable bonds is 9. The van der Waals surface area contributed by atoms with Gasteiger partial charge in [0, 0.05) is 18.2 Å². The summed E-state index contributed by atoms with van der Waals surface area (Å²) in [5.74, 6) is 0.658. The van der Waals surface area contributed by atoms with Gasteiger partial charge in [0.15, 0.2) is 11.9 Å². The summed E-state index contributed by atoms with van der Waals surface area (Å²) >= 11 is 1.66. The van der Waals surface area contributed by atoms with Crippen LogP contribution in [-0.2, 0) is 4.74 Å². The zero-order chi connectivity index (χ0) is 14.5. The van der Waals surface area contributed by atoms with E-state index in [9.17, 15) is 20.4 Å². The van der Waals surface area contributed by atoms with E-state index in [1.165, 1.54) is 0 Å². The van der Waals surface area contributed by atoms with Crippen molar-refractivity contribution in [1.82, 2.24) is 0 Å². The minimum atomic E-state index is -2.02. The number of thioether (sulfide) groups is 1. The highest BCUT2D eigenvalue weighted by Crippen LogP contribution is 2.41. The van der Waals surface area contributed by atoms with Crippen molar-refractivity contribution >= 4 is 11.8 Å². The summed E-state index contributed by atoms with van der Waals surface area (Å²) in [6, 6.07) is 0. The van der Waals surface area contributed by atoms with Gasteiger partial charge in [-0.3, -0.25) is 0 Å². The number of aliphatic hydroxyl groups excluding tert-OH is 4. The number of aliphatic hydroxyl groups is 5. The summed E-state index contributed by atoms with van der Waals surface area (Å²) in [6.07, 6.45) is -3.75. The highest BCUT2D eigenvalue weighted by molar-refractivity contribution is 7.99. The molecule has 0 aromatic rings. The molecule has 0 aromatic heterocycles. The van der Waals surface area contributed by atoms with Crippen molar-refractivity contribution in [3.8, 4) is 0 Å². The summed E-state index contributed by atoms with van der Waals surface area (Å²) in [7, 11) is 0. The minimum Gasteiger partial charge on any atom is -0.396 e. The van der Waals surface area contributed by atoms with Crippen LogP contribution in [-0.4, -0.2) is 80.9 Å². The number of hydrogen-bond donors (Lipinski definition) is 6. The first-order chi connectivity index (χ1) is 9.00.